The maximum atomic E-state index is 12.3. The fraction of sp³-hybridized carbons (Fsp3) is 0.130. The number of Topliss-reactive ketones (excluding diaryl/α,β-unsaturated/α-hetero) is 1. The standard InChI is InChI=1S/C23H21NO2/c25-22(13-7-10-18-8-3-1-4-9-18)19-14-16-20(17-15-19)23(26)24-21-11-5-2-6-12-21/h1-6,8-9,11-12,14-17H,7,10,13H2,(H,24,26). The van der Waals surface area contributed by atoms with Crippen LogP contribution in [0.5, 0.6) is 0 Å². The summed E-state index contributed by atoms with van der Waals surface area (Å²) in [7, 11) is 0. The molecule has 0 aliphatic rings. The number of carbonyl (C=O) groups is 2. The largest absolute Gasteiger partial charge is 0.322 e. The van der Waals surface area contributed by atoms with Crippen LogP contribution >= 0.6 is 0 Å². The van der Waals surface area contributed by atoms with Gasteiger partial charge >= 0.3 is 0 Å². The van der Waals surface area contributed by atoms with Crippen molar-refractivity contribution < 1.29 is 9.59 Å². The van der Waals surface area contributed by atoms with Gasteiger partial charge in [-0.3, -0.25) is 9.59 Å². The fourth-order valence-corrected chi connectivity index (χ4v) is 2.77. The lowest BCUT2D eigenvalue weighted by molar-refractivity contribution is 0.0977. The third kappa shape index (κ3) is 4.90. The molecule has 0 aliphatic carbocycles. The molecule has 0 radical (unpaired) electrons. The van der Waals surface area contributed by atoms with Gasteiger partial charge in [-0.15, -0.1) is 0 Å². The zero-order valence-electron chi connectivity index (χ0n) is 14.5. The smallest absolute Gasteiger partial charge is 0.255 e. The molecule has 0 unspecified atom stereocenters. The van der Waals surface area contributed by atoms with Crippen LogP contribution in [-0.4, -0.2) is 11.7 Å². The Kier molecular flexibility index (Phi) is 5.94. The first-order chi connectivity index (χ1) is 12.7. The maximum absolute atomic E-state index is 12.3. The van der Waals surface area contributed by atoms with Crippen LogP contribution in [0.15, 0.2) is 84.9 Å². The first-order valence-corrected chi connectivity index (χ1v) is 8.76. The van der Waals surface area contributed by atoms with E-state index in [1.807, 2.05) is 48.5 Å². The molecule has 130 valence electrons. The molecule has 3 nitrogen and oxygen atoms in total. The number of para-hydroxylation sites is 1. The molecule has 3 aromatic carbocycles. The SMILES string of the molecule is O=C(CCCc1ccccc1)c1ccc(C(=O)Nc2ccccc2)cc1. The van der Waals surface area contributed by atoms with E-state index in [1.165, 1.54) is 5.56 Å². The van der Waals surface area contributed by atoms with E-state index in [0.29, 0.717) is 17.5 Å². The average molecular weight is 343 g/mol. The van der Waals surface area contributed by atoms with Crippen LogP contribution in [0.25, 0.3) is 0 Å². The number of amides is 1. The van der Waals surface area contributed by atoms with Gasteiger partial charge in [0.15, 0.2) is 5.78 Å². The molecule has 1 N–H and O–H groups in total. The van der Waals surface area contributed by atoms with E-state index < -0.39 is 0 Å². The van der Waals surface area contributed by atoms with Crippen LogP contribution < -0.4 is 5.32 Å². The monoisotopic (exact) mass is 343 g/mol. The summed E-state index contributed by atoms with van der Waals surface area (Å²) in [6, 6.07) is 26.3. The van der Waals surface area contributed by atoms with Crippen molar-refractivity contribution >= 4 is 17.4 Å². The highest BCUT2D eigenvalue weighted by Crippen LogP contribution is 2.13. The van der Waals surface area contributed by atoms with E-state index in [1.54, 1.807) is 24.3 Å². The van der Waals surface area contributed by atoms with Crippen molar-refractivity contribution in [3.63, 3.8) is 0 Å². The van der Waals surface area contributed by atoms with Gasteiger partial charge < -0.3 is 5.32 Å². The van der Waals surface area contributed by atoms with Crippen LogP contribution in [-0.2, 0) is 6.42 Å². The molecule has 0 spiro atoms. The predicted octanol–water partition coefficient (Wildman–Crippen LogP) is 5.14. The minimum absolute atomic E-state index is 0.107. The van der Waals surface area contributed by atoms with Crippen molar-refractivity contribution in [1.82, 2.24) is 0 Å². The quantitative estimate of drug-likeness (QED) is 0.603. The summed E-state index contributed by atoms with van der Waals surface area (Å²) in [5.74, 6) is -0.0739. The van der Waals surface area contributed by atoms with E-state index in [-0.39, 0.29) is 11.7 Å². The molecule has 0 saturated carbocycles. The molecule has 3 aromatic rings. The van der Waals surface area contributed by atoms with Crippen LogP contribution in [0, 0.1) is 0 Å². The summed E-state index contributed by atoms with van der Waals surface area (Å²) in [4.78, 5) is 24.5. The second-order valence-corrected chi connectivity index (χ2v) is 6.16. The number of carbonyl (C=O) groups excluding carboxylic acids is 2. The summed E-state index contributed by atoms with van der Waals surface area (Å²) >= 11 is 0. The van der Waals surface area contributed by atoms with Crippen molar-refractivity contribution in [3.8, 4) is 0 Å². The number of hydrogen-bond acceptors (Lipinski definition) is 2. The van der Waals surface area contributed by atoms with Gasteiger partial charge in [-0.25, -0.2) is 0 Å². The van der Waals surface area contributed by atoms with Gasteiger partial charge in [-0.05, 0) is 42.7 Å². The van der Waals surface area contributed by atoms with Crippen LogP contribution in [0.3, 0.4) is 0 Å². The summed E-state index contributed by atoms with van der Waals surface area (Å²) in [6.07, 6.45) is 2.22. The Morgan fingerprint density at radius 3 is 1.92 bits per heavy atom. The van der Waals surface area contributed by atoms with E-state index >= 15 is 0 Å². The normalized spacial score (nSPS) is 10.3. The lowest BCUT2D eigenvalue weighted by Crippen LogP contribution is -2.12. The molecule has 3 rings (SSSR count). The van der Waals surface area contributed by atoms with E-state index in [0.717, 1.165) is 18.5 Å². The Hall–Kier alpha value is -3.20. The first-order valence-electron chi connectivity index (χ1n) is 8.76. The van der Waals surface area contributed by atoms with Crippen molar-refractivity contribution in [2.75, 3.05) is 5.32 Å². The molecule has 0 saturated heterocycles. The molecule has 0 heterocycles. The topological polar surface area (TPSA) is 46.2 Å². The molecule has 0 aromatic heterocycles. The van der Waals surface area contributed by atoms with E-state index in [9.17, 15) is 9.59 Å². The Morgan fingerprint density at radius 1 is 0.692 bits per heavy atom. The molecule has 0 atom stereocenters. The van der Waals surface area contributed by atoms with E-state index in [4.69, 9.17) is 0 Å². The molecule has 3 heteroatoms. The molecule has 0 bridgehead atoms. The number of aryl methyl sites for hydroxylation is 1. The lowest BCUT2D eigenvalue weighted by atomic mass is 10.0. The van der Waals surface area contributed by atoms with Crippen molar-refractivity contribution in [1.29, 1.82) is 0 Å². The number of hydrogen-bond donors (Lipinski definition) is 1. The second-order valence-electron chi connectivity index (χ2n) is 6.16. The third-order valence-electron chi connectivity index (χ3n) is 4.21. The lowest BCUT2D eigenvalue weighted by Gasteiger charge is -2.06. The summed E-state index contributed by atoms with van der Waals surface area (Å²) in [5, 5.41) is 2.84. The number of ketones is 1. The number of nitrogens with one attached hydrogen (secondary N) is 1. The first kappa shape index (κ1) is 17.6. The number of anilines is 1. The van der Waals surface area contributed by atoms with Gasteiger partial charge in [0.25, 0.3) is 5.91 Å². The van der Waals surface area contributed by atoms with Crippen molar-refractivity contribution in [2.24, 2.45) is 0 Å². The molecule has 26 heavy (non-hydrogen) atoms. The van der Waals surface area contributed by atoms with E-state index in [2.05, 4.69) is 17.4 Å². The Morgan fingerprint density at radius 2 is 1.27 bits per heavy atom. The number of rotatable bonds is 7. The highest BCUT2D eigenvalue weighted by molar-refractivity contribution is 6.05. The van der Waals surface area contributed by atoms with Gasteiger partial charge in [0.05, 0.1) is 0 Å². The number of benzene rings is 3. The highest BCUT2D eigenvalue weighted by Gasteiger charge is 2.09. The summed E-state index contributed by atoms with van der Waals surface area (Å²) < 4.78 is 0. The Balaban J connectivity index is 1.53. The third-order valence-corrected chi connectivity index (χ3v) is 4.21. The van der Waals surface area contributed by atoms with Crippen LogP contribution in [0.4, 0.5) is 5.69 Å². The highest BCUT2D eigenvalue weighted by atomic mass is 16.1. The molecular weight excluding hydrogens is 322 g/mol. The van der Waals surface area contributed by atoms with Crippen molar-refractivity contribution in [2.45, 2.75) is 19.3 Å². The van der Waals surface area contributed by atoms with Gasteiger partial charge in [-0.1, -0.05) is 60.7 Å². The maximum Gasteiger partial charge on any atom is 0.255 e. The fourth-order valence-electron chi connectivity index (χ4n) is 2.77. The minimum Gasteiger partial charge on any atom is -0.322 e. The summed E-state index contributed by atoms with van der Waals surface area (Å²) in [5.41, 5.74) is 3.18. The van der Waals surface area contributed by atoms with Gasteiger partial charge in [-0.2, -0.15) is 0 Å². The Labute approximate surface area is 153 Å². The van der Waals surface area contributed by atoms with Crippen LogP contribution in [0.1, 0.15) is 39.1 Å². The van der Waals surface area contributed by atoms with Gasteiger partial charge in [0, 0.05) is 23.2 Å². The minimum atomic E-state index is -0.181. The van der Waals surface area contributed by atoms with Crippen LogP contribution in [0.2, 0.25) is 0 Å². The molecule has 0 fully saturated rings. The van der Waals surface area contributed by atoms with Gasteiger partial charge in [0.2, 0.25) is 0 Å². The molecule has 1 amide bonds. The van der Waals surface area contributed by atoms with Gasteiger partial charge in [0.1, 0.15) is 0 Å². The summed E-state index contributed by atoms with van der Waals surface area (Å²) in [6.45, 7) is 0. The predicted molar refractivity (Wildman–Crippen MR) is 105 cm³/mol. The van der Waals surface area contributed by atoms with Crippen molar-refractivity contribution in [3.05, 3.63) is 102 Å². The zero-order valence-corrected chi connectivity index (χ0v) is 14.5. The molecule has 0 aliphatic heterocycles. The molecular formula is C23H21NO2. The zero-order chi connectivity index (χ0) is 18.2. The second kappa shape index (κ2) is 8.77. The Bertz CT molecular complexity index is 856. The average Bonchev–Trinajstić information content (AvgIpc) is 2.69.